The van der Waals surface area contributed by atoms with E-state index in [1.165, 1.54) is 29.4 Å². The standard InChI is InChI=1S/C26H29F2N5O4S/c1-14(2)29-5-6-37-24-21(32-38(4,35)36)7-15(12-31-24)17-8-18-20(9-19(17)28)30-13-22-23(18)26(10-16(27)11-26)25(34)33(22)3/h7-9,12-14,16,29,32H,5-6,10-11H2,1-4H3/t16-,26+. The van der Waals surface area contributed by atoms with Crippen LogP contribution in [-0.2, 0) is 20.2 Å². The molecule has 0 bridgehead atoms. The van der Waals surface area contributed by atoms with Crippen LogP contribution in [0.5, 0.6) is 5.88 Å². The van der Waals surface area contributed by atoms with Crippen molar-refractivity contribution in [1.82, 2.24) is 15.3 Å². The molecule has 202 valence electrons. The summed E-state index contributed by atoms with van der Waals surface area (Å²) in [6.45, 7) is 4.74. The number of anilines is 2. The van der Waals surface area contributed by atoms with E-state index < -0.39 is 27.4 Å². The lowest BCUT2D eigenvalue weighted by Gasteiger charge is -2.40. The largest absolute Gasteiger partial charge is 0.475 e. The average Bonchev–Trinajstić information content (AvgIpc) is 3.03. The van der Waals surface area contributed by atoms with Gasteiger partial charge in [-0.2, -0.15) is 0 Å². The first-order valence-electron chi connectivity index (χ1n) is 12.3. The first kappa shape index (κ1) is 26.2. The van der Waals surface area contributed by atoms with Crippen molar-refractivity contribution in [2.45, 2.75) is 44.3 Å². The number of alkyl halides is 1. The van der Waals surface area contributed by atoms with Crippen molar-refractivity contribution in [3.8, 4) is 17.0 Å². The number of nitrogens with one attached hydrogen (secondary N) is 2. The number of hydrogen-bond donors (Lipinski definition) is 2. The van der Waals surface area contributed by atoms with E-state index in [1.54, 1.807) is 13.1 Å². The van der Waals surface area contributed by atoms with E-state index in [4.69, 9.17) is 4.74 Å². The third-order valence-electron chi connectivity index (χ3n) is 6.98. The van der Waals surface area contributed by atoms with E-state index >= 15 is 4.39 Å². The minimum Gasteiger partial charge on any atom is -0.475 e. The zero-order chi connectivity index (χ0) is 27.4. The summed E-state index contributed by atoms with van der Waals surface area (Å²) in [5.74, 6) is -0.741. The van der Waals surface area contributed by atoms with Crippen LogP contribution in [0.15, 0.2) is 30.6 Å². The van der Waals surface area contributed by atoms with E-state index in [9.17, 15) is 17.6 Å². The monoisotopic (exact) mass is 545 g/mol. The number of carbonyl (C=O) groups excluding carboxylic acids is 1. The first-order valence-corrected chi connectivity index (χ1v) is 14.2. The lowest BCUT2D eigenvalue weighted by Crippen LogP contribution is -2.49. The Kier molecular flexibility index (Phi) is 6.50. The Bertz CT molecular complexity index is 1540. The number of amides is 1. The fourth-order valence-electron chi connectivity index (χ4n) is 5.28. The van der Waals surface area contributed by atoms with Crippen LogP contribution >= 0.6 is 0 Å². The summed E-state index contributed by atoms with van der Waals surface area (Å²) in [5, 5.41) is 3.74. The molecule has 2 aromatic heterocycles. The molecule has 3 heterocycles. The van der Waals surface area contributed by atoms with Gasteiger partial charge in [0.15, 0.2) is 0 Å². The number of ether oxygens (including phenoxy) is 1. The Morgan fingerprint density at radius 2 is 1.95 bits per heavy atom. The maximum atomic E-state index is 15.4. The lowest BCUT2D eigenvalue weighted by molar-refractivity contribution is -0.128. The van der Waals surface area contributed by atoms with E-state index in [1.807, 2.05) is 13.8 Å². The summed E-state index contributed by atoms with van der Waals surface area (Å²) in [7, 11) is -2.07. The van der Waals surface area contributed by atoms with Crippen LogP contribution in [0.3, 0.4) is 0 Å². The Morgan fingerprint density at radius 1 is 1.21 bits per heavy atom. The van der Waals surface area contributed by atoms with Gasteiger partial charge in [-0.15, -0.1) is 0 Å². The van der Waals surface area contributed by atoms with Crippen LogP contribution < -0.4 is 19.7 Å². The van der Waals surface area contributed by atoms with Crippen LogP contribution in [0.1, 0.15) is 32.3 Å². The summed E-state index contributed by atoms with van der Waals surface area (Å²) in [5.41, 5.74) is 1.06. The molecule has 0 unspecified atom stereocenters. The molecule has 9 nitrogen and oxygen atoms in total. The average molecular weight is 546 g/mol. The second-order valence-electron chi connectivity index (χ2n) is 10.2. The van der Waals surface area contributed by atoms with Crippen molar-refractivity contribution in [3.63, 3.8) is 0 Å². The van der Waals surface area contributed by atoms with Crippen molar-refractivity contribution in [2.75, 3.05) is 36.1 Å². The highest BCUT2D eigenvalue weighted by molar-refractivity contribution is 7.92. The molecular weight excluding hydrogens is 516 g/mol. The molecule has 1 spiro atoms. The molecule has 1 aliphatic carbocycles. The molecule has 3 aromatic rings. The number of aromatic nitrogens is 2. The molecule has 0 saturated heterocycles. The SMILES string of the molecule is CC(C)NCCOc1ncc(-c2cc3c(cc2F)ncc2c3[C@]3(C[C@H](F)C3)C(=O)N2C)cc1NS(C)(=O)=O. The van der Waals surface area contributed by atoms with Gasteiger partial charge in [0.2, 0.25) is 21.8 Å². The molecule has 1 aromatic carbocycles. The minimum atomic E-state index is -3.69. The lowest BCUT2D eigenvalue weighted by atomic mass is 9.63. The molecule has 2 N–H and O–H groups in total. The number of sulfonamides is 1. The van der Waals surface area contributed by atoms with E-state index in [2.05, 4.69) is 20.0 Å². The van der Waals surface area contributed by atoms with Crippen LogP contribution in [0.4, 0.5) is 20.2 Å². The fraction of sp³-hybridized carbons (Fsp3) is 0.423. The molecule has 0 radical (unpaired) electrons. The van der Waals surface area contributed by atoms with Gasteiger partial charge in [-0.25, -0.2) is 22.2 Å². The number of nitrogens with zero attached hydrogens (tertiary/aromatic N) is 3. The molecule has 1 fully saturated rings. The van der Waals surface area contributed by atoms with Gasteiger partial charge in [0.1, 0.15) is 24.3 Å². The Morgan fingerprint density at radius 3 is 2.61 bits per heavy atom. The van der Waals surface area contributed by atoms with Gasteiger partial charge in [0, 0.05) is 54.0 Å². The highest BCUT2D eigenvalue weighted by Crippen LogP contribution is 2.56. The summed E-state index contributed by atoms with van der Waals surface area (Å²) in [6.07, 6.45) is 2.96. The molecule has 0 atom stereocenters. The predicted octanol–water partition coefficient (Wildman–Crippen LogP) is 3.53. The molecule has 1 saturated carbocycles. The zero-order valence-electron chi connectivity index (χ0n) is 21.5. The quantitative estimate of drug-likeness (QED) is 0.417. The van der Waals surface area contributed by atoms with Gasteiger partial charge in [-0.05, 0) is 25.0 Å². The number of halogens is 2. The second kappa shape index (κ2) is 9.42. The minimum absolute atomic E-state index is 0.0584. The van der Waals surface area contributed by atoms with Gasteiger partial charge in [0.25, 0.3) is 0 Å². The van der Waals surface area contributed by atoms with Crippen molar-refractivity contribution < 1.29 is 26.7 Å². The van der Waals surface area contributed by atoms with Crippen LogP contribution in [-0.4, -0.2) is 63.0 Å². The van der Waals surface area contributed by atoms with Crippen molar-refractivity contribution in [3.05, 3.63) is 42.0 Å². The fourth-order valence-corrected chi connectivity index (χ4v) is 5.82. The predicted molar refractivity (Wildman–Crippen MR) is 141 cm³/mol. The molecule has 1 amide bonds. The first-order chi connectivity index (χ1) is 17.9. The molecular formula is C26H29F2N5O4S. The van der Waals surface area contributed by atoms with Gasteiger partial charge in [0.05, 0.1) is 29.1 Å². The maximum Gasteiger partial charge on any atom is 0.238 e. The smallest absolute Gasteiger partial charge is 0.238 e. The van der Waals surface area contributed by atoms with Crippen molar-refractivity contribution >= 4 is 38.2 Å². The van der Waals surface area contributed by atoms with Crippen molar-refractivity contribution in [1.29, 1.82) is 0 Å². The Hall–Kier alpha value is -3.38. The molecule has 2 aliphatic rings. The van der Waals surface area contributed by atoms with Gasteiger partial charge in [-0.3, -0.25) is 14.5 Å². The summed E-state index contributed by atoms with van der Waals surface area (Å²) in [6, 6.07) is 4.54. The Labute approximate surface area is 219 Å². The molecule has 12 heteroatoms. The normalized spacial score (nSPS) is 20.8. The number of hydrogen-bond acceptors (Lipinski definition) is 7. The van der Waals surface area contributed by atoms with Gasteiger partial charge in [-0.1, -0.05) is 13.8 Å². The highest BCUT2D eigenvalue weighted by Gasteiger charge is 2.59. The summed E-state index contributed by atoms with van der Waals surface area (Å²) in [4.78, 5) is 23.2. The number of pyridine rings is 2. The summed E-state index contributed by atoms with van der Waals surface area (Å²) < 4.78 is 61.6. The maximum absolute atomic E-state index is 15.4. The van der Waals surface area contributed by atoms with Crippen LogP contribution in [0.25, 0.3) is 22.0 Å². The van der Waals surface area contributed by atoms with Gasteiger partial charge >= 0.3 is 0 Å². The number of likely N-dealkylation sites (N-methyl/N-ethyl adjacent to an activating group) is 1. The second-order valence-corrected chi connectivity index (χ2v) is 12.0. The number of fused-ring (bicyclic) bond motifs is 4. The number of carbonyl (C=O) groups is 1. The van der Waals surface area contributed by atoms with Crippen LogP contribution in [0, 0.1) is 5.82 Å². The summed E-state index contributed by atoms with van der Waals surface area (Å²) >= 11 is 0. The third kappa shape index (κ3) is 4.55. The van der Waals surface area contributed by atoms with E-state index in [0.29, 0.717) is 34.3 Å². The third-order valence-corrected chi connectivity index (χ3v) is 7.57. The number of benzene rings is 1. The van der Waals surface area contributed by atoms with E-state index in [-0.39, 0.29) is 48.5 Å². The topological polar surface area (TPSA) is 114 Å². The molecule has 38 heavy (non-hydrogen) atoms. The molecule has 5 rings (SSSR count). The molecule has 1 aliphatic heterocycles. The zero-order valence-corrected chi connectivity index (χ0v) is 22.3. The van der Waals surface area contributed by atoms with Crippen LogP contribution in [0.2, 0.25) is 0 Å². The number of rotatable bonds is 8. The Balaban J connectivity index is 1.59. The highest BCUT2D eigenvalue weighted by atomic mass is 32.2. The van der Waals surface area contributed by atoms with Crippen molar-refractivity contribution in [2.24, 2.45) is 0 Å². The van der Waals surface area contributed by atoms with Gasteiger partial charge < -0.3 is 15.0 Å². The van der Waals surface area contributed by atoms with E-state index in [0.717, 1.165) is 6.26 Å².